The zero-order valence-electron chi connectivity index (χ0n) is 15.2. The molecular weight excluding hydrogens is 390 g/mol. The van der Waals surface area contributed by atoms with Gasteiger partial charge in [-0.1, -0.05) is 19.1 Å². The molecule has 2 rings (SSSR count). The largest absolute Gasteiger partial charge is 0.480 e. The number of carbonyl (C=O) groups excluding carboxylic acids is 1. The van der Waals surface area contributed by atoms with E-state index in [4.69, 9.17) is 6.42 Å². The fraction of sp³-hybridized carbons (Fsp3) is 0.412. The van der Waals surface area contributed by atoms with E-state index in [2.05, 4.69) is 10.6 Å². The minimum Gasteiger partial charge on any atom is -0.480 e. The number of para-hydroxylation sites is 1. The molecule has 150 valence electrons. The number of amides is 1. The highest BCUT2D eigenvalue weighted by molar-refractivity contribution is 7.89. The molecule has 2 unspecified atom stereocenters. The van der Waals surface area contributed by atoms with Gasteiger partial charge in [0.2, 0.25) is 15.9 Å². The standard InChI is InChI=1S/C17H19N3O7S/c1-4-10-17(11-19(14(17)21)16(3,5-2)15(22)23)18-28(26,27)13-9-7-6-8-12(13)20(24)25/h1,6-9,18H,5,10-11H2,2-3H3,(H,22,23). The summed E-state index contributed by atoms with van der Waals surface area (Å²) in [7, 11) is -4.49. The summed E-state index contributed by atoms with van der Waals surface area (Å²) in [6.07, 6.45) is 5.05. The van der Waals surface area contributed by atoms with Gasteiger partial charge < -0.3 is 10.0 Å². The van der Waals surface area contributed by atoms with Crippen LogP contribution in [-0.4, -0.2) is 52.8 Å². The van der Waals surface area contributed by atoms with Gasteiger partial charge in [0.15, 0.2) is 4.90 Å². The molecule has 28 heavy (non-hydrogen) atoms. The van der Waals surface area contributed by atoms with Crippen LogP contribution in [0.3, 0.4) is 0 Å². The number of aliphatic carboxylic acids is 1. The third-order valence-corrected chi connectivity index (χ3v) is 6.50. The Labute approximate surface area is 161 Å². The fourth-order valence-corrected chi connectivity index (χ4v) is 4.52. The number of hydrogen-bond acceptors (Lipinski definition) is 6. The molecule has 1 aromatic carbocycles. The normalized spacial score (nSPS) is 21.3. The molecule has 1 saturated heterocycles. The Hall–Kier alpha value is -2.97. The first-order chi connectivity index (χ1) is 12.9. The lowest BCUT2D eigenvalue weighted by atomic mass is 9.80. The molecule has 1 amide bonds. The number of sulfonamides is 1. The molecule has 11 heteroatoms. The van der Waals surface area contributed by atoms with Crippen LogP contribution >= 0.6 is 0 Å². The number of hydrogen-bond donors (Lipinski definition) is 2. The average Bonchev–Trinajstić information content (AvgIpc) is 2.64. The number of terminal acetylenes is 1. The number of nitrogens with zero attached hydrogens (tertiary/aromatic N) is 2. The van der Waals surface area contributed by atoms with Gasteiger partial charge in [0.1, 0.15) is 11.1 Å². The molecular formula is C17H19N3O7S. The molecule has 0 aliphatic carbocycles. The molecule has 0 bridgehead atoms. The molecule has 2 atom stereocenters. The number of benzene rings is 1. The van der Waals surface area contributed by atoms with Gasteiger partial charge in [-0.25, -0.2) is 13.2 Å². The summed E-state index contributed by atoms with van der Waals surface area (Å²) < 4.78 is 27.7. The number of likely N-dealkylation sites (tertiary alicyclic amines) is 1. The van der Waals surface area contributed by atoms with E-state index >= 15 is 0 Å². The van der Waals surface area contributed by atoms with E-state index in [0.29, 0.717) is 0 Å². The Kier molecular flexibility index (Phi) is 5.50. The van der Waals surface area contributed by atoms with Crippen LogP contribution in [-0.2, 0) is 19.6 Å². The number of nitro benzene ring substituents is 1. The van der Waals surface area contributed by atoms with Crippen LogP contribution in [0.4, 0.5) is 5.69 Å². The summed E-state index contributed by atoms with van der Waals surface area (Å²) in [6.45, 7) is 2.66. The SMILES string of the molecule is C#CCC1(NS(=O)(=O)c2ccccc2[N+](=O)[O-])CN(C(C)(CC)C(=O)O)C1=O. The van der Waals surface area contributed by atoms with Gasteiger partial charge in [-0.15, -0.1) is 12.3 Å². The van der Waals surface area contributed by atoms with E-state index in [-0.39, 0.29) is 19.4 Å². The predicted octanol–water partition coefficient (Wildman–Crippen LogP) is 0.731. The summed E-state index contributed by atoms with van der Waals surface area (Å²) in [5.41, 5.74) is -3.94. The summed E-state index contributed by atoms with van der Waals surface area (Å²) >= 11 is 0. The maximum Gasteiger partial charge on any atom is 0.329 e. The second kappa shape index (κ2) is 7.21. The Balaban J connectivity index is 2.43. The third-order valence-electron chi connectivity index (χ3n) is 4.91. The smallest absolute Gasteiger partial charge is 0.329 e. The van der Waals surface area contributed by atoms with Crippen molar-refractivity contribution in [3.8, 4) is 12.3 Å². The van der Waals surface area contributed by atoms with Crippen LogP contribution < -0.4 is 4.72 Å². The molecule has 10 nitrogen and oxygen atoms in total. The highest BCUT2D eigenvalue weighted by atomic mass is 32.2. The molecule has 1 aromatic rings. The van der Waals surface area contributed by atoms with Gasteiger partial charge in [-0.2, -0.15) is 4.72 Å². The average molecular weight is 409 g/mol. The monoisotopic (exact) mass is 409 g/mol. The van der Waals surface area contributed by atoms with E-state index < -0.39 is 48.5 Å². The lowest BCUT2D eigenvalue weighted by molar-refractivity contribution is -0.387. The number of rotatable bonds is 8. The van der Waals surface area contributed by atoms with Crippen molar-refractivity contribution in [2.24, 2.45) is 0 Å². The summed E-state index contributed by atoms with van der Waals surface area (Å²) in [5, 5.41) is 20.6. The van der Waals surface area contributed by atoms with E-state index in [1.54, 1.807) is 6.92 Å². The number of carboxylic acid groups (broad SMARTS) is 1. The van der Waals surface area contributed by atoms with Gasteiger partial charge >= 0.3 is 5.97 Å². The Morgan fingerprint density at radius 2 is 2.11 bits per heavy atom. The van der Waals surface area contributed by atoms with Crippen LogP contribution in [0.25, 0.3) is 0 Å². The van der Waals surface area contributed by atoms with Crippen molar-refractivity contribution in [2.45, 2.75) is 42.7 Å². The minimum absolute atomic E-state index is 0.0944. The molecule has 1 aliphatic rings. The van der Waals surface area contributed by atoms with E-state index in [1.165, 1.54) is 19.1 Å². The fourth-order valence-electron chi connectivity index (χ4n) is 3.00. The minimum atomic E-state index is -4.49. The van der Waals surface area contributed by atoms with Gasteiger partial charge in [-0.05, 0) is 19.4 Å². The van der Waals surface area contributed by atoms with Crippen LogP contribution in [0.1, 0.15) is 26.7 Å². The van der Waals surface area contributed by atoms with Gasteiger partial charge in [-0.3, -0.25) is 14.9 Å². The quantitative estimate of drug-likeness (QED) is 0.278. The number of nitro groups is 1. The highest BCUT2D eigenvalue weighted by Gasteiger charge is 2.60. The van der Waals surface area contributed by atoms with Crippen LogP contribution in [0.2, 0.25) is 0 Å². The van der Waals surface area contributed by atoms with Crippen LogP contribution in [0.15, 0.2) is 29.2 Å². The van der Waals surface area contributed by atoms with Crippen molar-refractivity contribution in [3.05, 3.63) is 34.4 Å². The first-order valence-electron chi connectivity index (χ1n) is 8.21. The zero-order valence-corrected chi connectivity index (χ0v) is 16.0. The Morgan fingerprint density at radius 3 is 2.57 bits per heavy atom. The van der Waals surface area contributed by atoms with E-state index in [1.807, 2.05) is 0 Å². The first-order valence-corrected chi connectivity index (χ1v) is 9.70. The van der Waals surface area contributed by atoms with Gasteiger partial charge in [0, 0.05) is 12.5 Å². The van der Waals surface area contributed by atoms with Crippen molar-refractivity contribution in [3.63, 3.8) is 0 Å². The van der Waals surface area contributed by atoms with Crippen LogP contribution in [0.5, 0.6) is 0 Å². The predicted molar refractivity (Wildman–Crippen MR) is 97.6 cm³/mol. The van der Waals surface area contributed by atoms with Crippen molar-refractivity contribution in [1.82, 2.24) is 9.62 Å². The molecule has 1 heterocycles. The number of carbonyl (C=O) groups is 2. The Morgan fingerprint density at radius 1 is 1.50 bits per heavy atom. The lowest BCUT2D eigenvalue weighted by Crippen LogP contribution is -2.79. The van der Waals surface area contributed by atoms with Gasteiger partial charge in [0.25, 0.3) is 5.69 Å². The van der Waals surface area contributed by atoms with E-state index in [9.17, 15) is 33.2 Å². The number of nitrogens with one attached hydrogen (secondary N) is 1. The summed E-state index contributed by atoms with van der Waals surface area (Å²) in [6, 6.07) is 4.68. The first kappa shape index (κ1) is 21.3. The molecule has 0 radical (unpaired) electrons. The van der Waals surface area contributed by atoms with Crippen molar-refractivity contribution < 1.29 is 28.0 Å². The van der Waals surface area contributed by atoms with Crippen molar-refractivity contribution >= 4 is 27.6 Å². The second-order valence-corrected chi connectivity index (χ2v) is 8.27. The molecule has 1 fully saturated rings. The Bertz CT molecular complexity index is 985. The van der Waals surface area contributed by atoms with Crippen LogP contribution in [0, 0.1) is 22.5 Å². The molecule has 0 spiro atoms. The maximum absolute atomic E-state index is 12.8. The topological polar surface area (TPSA) is 147 Å². The lowest BCUT2D eigenvalue weighted by Gasteiger charge is -2.53. The molecule has 0 aromatic heterocycles. The molecule has 2 N–H and O–H groups in total. The third kappa shape index (κ3) is 3.32. The van der Waals surface area contributed by atoms with Gasteiger partial charge in [0.05, 0.1) is 11.5 Å². The summed E-state index contributed by atoms with van der Waals surface area (Å²) in [5.74, 6) is 0.187. The second-order valence-electron chi connectivity index (χ2n) is 6.62. The van der Waals surface area contributed by atoms with Crippen molar-refractivity contribution in [2.75, 3.05) is 6.54 Å². The zero-order chi connectivity index (χ0) is 21.3. The maximum atomic E-state index is 12.8. The summed E-state index contributed by atoms with van der Waals surface area (Å²) in [4.78, 5) is 35.1. The molecule has 1 aliphatic heterocycles. The highest BCUT2D eigenvalue weighted by Crippen LogP contribution is 2.36. The number of β-lactam (4-membered cyclic amide) rings is 1. The number of carboxylic acids is 1. The van der Waals surface area contributed by atoms with E-state index in [0.717, 1.165) is 17.0 Å². The van der Waals surface area contributed by atoms with Crippen molar-refractivity contribution in [1.29, 1.82) is 0 Å². The molecule has 0 saturated carbocycles.